The van der Waals surface area contributed by atoms with Crippen molar-refractivity contribution in [2.24, 2.45) is 11.0 Å². The minimum Gasteiger partial charge on any atom is -0.396 e. The number of nitrogens with zero attached hydrogens (tertiary/aromatic N) is 3. The summed E-state index contributed by atoms with van der Waals surface area (Å²) < 4.78 is 0. The van der Waals surface area contributed by atoms with Gasteiger partial charge in [-0.05, 0) is 30.7 Å². The highest BCUT2D eigenvalue weighted by atomic mass is 16.2. The monoisotopic (exact) mass is 197 g/mol. The summed E-state index contributed by atoms with van der Waals surface area (Å²) in [5.74, 6) is 0.798. The van der Waals surface area contributed by atoms with Gasteiger partial charge in [0.25, 0.3) is 0 Å². The van der Waals surface area contributed by atoms with E-state index in [1.165, 1.54) is 19.3 Å². The van der Waals surface area contributed by atoms with Gasteiger partial charge in [0.2, 0.25) is 0 Å². The summed E-state index contributed by atoms with van der Waals surface area (Å²) >= 11 is 0. The SMILES string of the molecule is [N-]=[N+]=NC1CCC(CCCCO)CC1. The van der Waals surface area contributed by atoms with Crippen molar-refractivity contribution in [3.8, 4) is 0 Å². The summed E-state index contributed by atoms with van der Waals surface area (Å²) in [6.07, 6.45) is 7.76. The third-order valence-corrected chi connectivity index (χ3v) is 3.05. The fourth-order valence-corrected chi connectivity index (χ4v) is 2.17. The van der Waals surface area contributed by atoms with E-state index in [-0.39, 0.29) is 6.04 Å². The average Bonchev–Trinajstić information content (AvgIpc) is 2.21. The molecule has 1 saturated carbocycles. The first-order valence-corrected chi connectivity index (χ1v) is 5.52. The maximum atomic E-state index is 8.65. The zero-order valence-electron chi connectivity index (χ0n) is 8.60. The first kappa shape index (κ1) is 11.3. The normalized spacial score (nSPS) is 26.9. The third kappa shape index (κ3) is 3.99. The molecule has 0 spiro atoms. The molecule has 0 bridgehead atoms. The van der Waals surface area contributed by atoms with Crippen molar-refractivity contribution < 1.29 is 5.11 Å². The molecule has 1 rings (SSSR count). The largest absolute Gasteiger partial charge is 0.396 e. The lowest BCUT2D eigenvalue weighted by atomic mass is 9.83. The van der Waals surface area contributed by atoms with Crippen LogP contribution < -0.4 is 0 Å². The molecule has 0 heterocycles. The van der Waals surface area contributed by atoms with Crippen LogP contribution in [0.2, 0.25) is 0 Å². The summed E-state index contributed by atoms with van der Waals surface area (Å²) in [6.45, 7) is 0.314. The molecule has 80 valence electrons. The number of azide groups is 1. The molecule has 0 aromatic heterocycles. The van der Waals surface area contributed by atoms with Crippen LogP contribution in [0, 0.1) is 5.92 Å². The third-order valence-electron chi connectivity index (χ3n) is 3.05. The van der Waals surface area contributed by atoms with Crippen molar-refractivity contribution in [3.05, 3.63) is 10.4 Å². The van der Waals surface area contributed by atoms with Crippen LogP contribution in [0.5, 0.6) is 0 Å². The van der Waals surface area contributed by atoms with Gasteiger partial charge in [0.1, 0.15) is 0 Å². The Labute approximate surface area is 84.9 Å². The summed E-state index contributed by atoms with van der Waals surface area (Å²) in [5, 5.41) is 12.4. The number of aliphatic hydroxyl groups is 1. The number of unbranched alkanes of at least 4 members (excludes halogenated alkanes) is 1. The smallest absolute Gasteiger partial charge is 0.0431 e. The van der Waals surface area contributed by atoms with E-state index in [2.05, 4.69) is 10.0 Å². The quantitative estimate of drug-likeness (QED) is 0.313. The van der Waals surface area contributed by atoms with Gasteiger partial charge in [0, 0.05) is 17.6 Å². The lowest BCUT2D eigenvalue weighted by Gasteiger charge is -2.25. The molecule has 1 N–H and O–H groups in total. The van der Waals surface area contributed by atoms with E-state index in [9.17, 15) is 0 Å². The highest BCUT2D eigenvalue weighted by Crippen LogP contribution is 2.29. The van der Waals surface area contributed by atoms with E-state index in [1.54, 1.807) is 0 Å². The maximum absolute atomic E-state index is 8.65. The van der Waals surface area contributed by atoms with Crippen LogP contribution in [0.4, 0.5) is 0 Å². The summed E-state index contributed by atoms with van der Waals surface area (Å²) in [6, 6.07) is 0.245. The predicted molar refractivity (Wildman–Crippen MR) is 55.8 cm³/mol. The van der Waals surface area contributed by atoms with E-state index in [1.807, 2.05) is 0 Å². The van der Waals surface area contributed by atoms with Gasteiger partial charge in [0.15, 0.2) is 0 Å². The van der Waals surface area contributed by atoms with Crippen molar-refractivity contribution >= 4 is 0 Å². The van der Waals surface area contributed by atoms with Gasteiger partial charge >= 0.3 is 0 Å². The molecule has 0 saturated heterocycles. The first-order chi connectivity index (χ1) is 6.86. The van der Waals surface area contributed by atoms with Crippen LogP contribution in [0.15, 0.2) is 5.11 Å². The molecule has 0 aromatic rings. The summed E-state index contributed by atoms with van der Waals surface area (Å²) in [7, 11) is 0. The van der Waals surface area contributed by atoms with Crippen LogP contribution >= 0.6 is 0 Å². The Morgan fingerprint density at radius 3 is 2.50 bits per heavy atom. The zero-order chi connectivity index (χ0) is 10.2. The number of hydrogen-bond donors (Lipinski definition) is 1. The van der Waals surface area contributed by atoms with Crippen LogP contribution in [-0.4, -0.2) is 17.8 Å². The highest BCUT2D eigenvalue weighted by molar-refractivity contribution is 4.77. The minimum absolute atomic E-state index is 0.245. The highest BCUT2D eigenvalue weighted by Gasteiger charge is 2.19. The van der Waals surface area contributed by atoms with E-state index < -0.39 is 0 Å². The second kappa shape index (κ2) is 6.68. The van der Waals surface area contributed by atoms with Crippen molar-refractivity contribution in [3.63, 3.8) is 0 Å². The maximum Gasteiger partial charge on any atom is 0.0431 e. The fourth-order valence-electron chi connectivity index (χ4n) is 2.17. The molecule has 0 amide bonds. The van der Waals surface area contributed by atoms with E-state index >= 15 is 0 Å². The van der Waals surface area contributed by atoms with Gasteiger partial charge in [-0.15, -0.1) is 0 Å². The van der Waals surface area contributed by atoms with Crippen LogP contribution in [0.1, 0.15) is 44.9 Å². The van der Waals surface area contributed by atoms with E-state index in [0.717, 1.165) is 31.6 Å². The molecule has 0 atom stereocenters. The van der Waals surface area contributed by atoms with Gasteiger partial charge in [-0.2, -0.15) is 0 Å². The Morgan fingerprint density at radius 1 is 1.21 bits per heavy atom. The molecule has 1 fully saturated rings. The van der Waals surface area contributed by atoms with Gasteiger partial charge in [-0.1, -0.05) is 30.8 Å². The van der Waals surface area contributed by atoms with Crippen molar-refractivity contribution in [2.45, 2.75) is 51.0 Å². The van der Waals surface area contributed by atoms with Crippen LogP contribution in [0.3, 0.4) is 0 Å². The van der Waals surface area contributed by atoms with Crippen molar-refractivity contribution in [1.82, 2.24) is 0 Å². The second-order valence-corrected chi connectivity index (χ2v) is 4.10. The molecule has 1 aliphatic carbocycles. The molecule has 14 heavy (non-hydrogen) atoms. The van der Waals surface area contributed by atoms with Crippen LogP contribution in [-0.2, 0) is 0 Å². The lowest BCUT2D eigenvalue weighted by molar-refractivity contribution is 0.262. The number of rotatable bonds is 5. The molecule has 0 radical (unpaired) electrons. The van der Waals surface area contributed by atoms with Gasteiger partial charge in [0.05, 0.1) is 0 Å². The Balaban J connectivity index is 2.12. The molecule has 0 aliphatic heterocycles. The number of hydrogen-bond acceptors (Lipinski definition) is 2. The van der Waals surface area contributed by atoms with Gasteiger partial charge in [-0.3, -0.25) is 0 Å². The Bertz CT molecular complexity index is 194. The van der Waals surface area contributed by atoms with E-state index in [4.69, 9.17) is 10.6 Å². The molecule has 4 nitrogen and oxygen atoms in total. The topological polar surface area (TPSA) is 69.0 Å². The van der Waals surface area contributed by atoms with Crippen molar-refractivity contribution in [2.75, 3.05) is 6.61 Å². The molecule has 0 aromatic carbocycles. The summed E-state index contributed by atoms with van der Waals surface area (Å²) in [5.41, 5.74) is 8.29. The number of aliphatic hydroxyl groups excluding tert-OH is 1. The first-order valence-electron chi connectivity index (χ1n) is 5.52. The molecule has 1 aliphatic rings. The predicted octanol–water partition coefficient (Wildman–Crippen LogP) is 3.02. The van der Waals surface area contributed by atoms with E-state index in [0.29, 0.717) is 6.61 Å². The second-order valence-electron chi connectivity index (χ2n) is 4.10. The average molecular weight is 197 g/mol. The Kier molecular flexibility index (Phi) is 5.42. The summed E-state index contributed by atoms with van der Waals surface area (Å²) in [4.78, 5) is 2.85. The fraction of sp³-hybridized carbons (Fsp3) is 1.00. The molecular weight excluding hydrogens is 178 g/mol. The standard InChI is InChI=1S/C10H19N3O/c11-13-12-10-6-4-9(5-7-10)3-1-2-8-14/h9-10,14H,1-8H2. The zero-order valence-corrected chi connectivity index (χ0v) is 8.60. The minimum atomic E-state index is 0.245. The Morgan fingerprint density at radius 2 is 1.93 bits per heavy atom. The van der Waals surface area contributed by atoms with Crippen LogP contribution in [0.25, 0.3) is 10.4 Å². The Hall–Kier alpha value is -0.730. The van der Waals surface area contributed by atoms with Gasteiger partial charge < -0.3 is 5.11 Å². The van der Waals surface area contributed by atoms with Crippen molar-refractivity contribution in [1.29, 1.82) is 0 Å². The lowest BCUT2D eigenvalue weighted by Crippen LogP contribution is -2.16. The van der Waals surface area contributed by atoms with Gasteiger partial charge in [-0.25, -0.2) is 0 Å². The molecule has 4 heteroatoms. The molecule has 0 unspecified atom stereocenters. The molecular formula is C10H19N3O.